The lowest BCUT2D eigenvalue weighted by Crippen LogP contribution is -2.27. The van der Waals surface area contributed by atoms with Gasteiger partial charge in [-0.15, -0.1) is 0 Å². The predicted octanol–water partition coefficient (Wildman–Crippen LogP) is 1.64. The summed E-state index contributed by atoms with van der Waals surface area (Å²) in [6.07, 6.45) is -0.590. The number of hydrogen-bond acceptors (Lipinski definition) is 4. The van der Waals surface area contributed by atoms with E-state index in [2.05, 4.69) is 10.6 Å². The predicted molar refractivity (Wildman–Crippen MR) is 70.7 cm³/mol. The van der Waals surface area contributed by atoms with E-state index in [0.29, 0.717) is 22.1 Å². The van der Waals surface area contributed by atoms with Crippen molar-refractivity contribution in [3.63, 3.8) is 0 Å². The summed E-state index contributed by atoms with van der Waals surface area (Å²) in [4.78, 5) is 22.9. The molecule has 0 fully saturated rings. The first-order chi connectivity index (χ1) is 9.01. The topological polar surface area (TPSA) is 76.7 Å². The zero-order valence-corrected chi connectivity index (χ0v) is 11.2. The molecule has 0 saturated heterocycles. The highest BCUT2D eigenvalue weighted by molar-refractivity contribution is 6.34. The fourth-order valence-corrected chi connectivity index (χ4v) is 1.75. The maximum Gasteiger partial charge on any atom is 0.262 e. The number of benzene rings is 1. The van der Waals surface area contributed by atoms with E-state index in [9.17, 15) is 9.59 Å². The van der Waals surface area contributed by atoms with Crippen LogP contribution in [0.5, 0.6) is 5.75 Å². The van der Waals surface area contributed by atoms with Crippen LogP contribution in [0.2, 0.25) is 5.02 Å². The third-order valence-electron chi connectivity index (χ3n) is 2.68. The fourth-order valence-electron chi connectivity index (χ4n) is 1.54. The summed E-state index contributed by atoms with van der Waals surface area (Å²) in [6, 6.07) is 3.10. The van der Waals surface area contributed by atoms with Gasteiger partial charge in [0, 0.05) is 13.2 Å². The van der Waals surface area contributed by atoms with E-state index < -0.39 is 6.10 Å². The highest BCUT2D eigenvalue weighted by atomic mass is 35.5. The first-order valence-electron chi connectivity index (χ1n) is 5.61. The molecular weight excluding hydrogens is 272 g/mol. The zero-order chi connectivity index (χ0) is 14.0. The number of methoxy groups -OCH3 is 1. The number of fused-ring (bicyclic) bond motifs is 1. The maximum absolute atomic E-state index is 11.7. The first-order valence-corrected chi connectivity index (χ1v) is 5.99. The third kappa shape index (κ3) is 2.97. The van der Waals surface area contributed by atoms with E-state index in [1.165, 1.54) is 13.2 Å². The lowest BCUT2D eigenvalue weighted by molar-refractivity contribution is -0.124. The minimum atomic E-state index is -0.590. The highest BCUT2D eigenvalue weighted by Gasteiger charge is 2.20. The van der Waals surface area contributed by atoms with Gasteiger partial charge in [-0.3, -0.25) is 9.59 Å². The van der Waals surface area contributed by atoms with E-state index in [4.69, 9.17) is 21.1 Å². The number of ether oxygens (including phenoxy) is 2. The molecule has 19 heavy (non-hydrogen) atoms. The van der Waals surface area contributed by atoms with Crippen molar-refractivity contribution in [3.8, 4) is 5.75 Å². The SMILES string of the molecule is COC(C)C(=O)Nc1cc2c(cc1Cl)NC(=O)CO2. The van der Waals surface area contributed by atoms with Crippen LogP contribution in [0.15, 0.2) is 12.1 Å². The van der Waals surface area contributed by atoms with Crippen LogP contribution in [0.3, 0.4) is 0 Å². The van der Waals surface area contributed by atoms with Crippen LogP contribution >= 0.6 is 11.6 Å². The van der Waals surface area contributed by atoms with Gasteiger partial charge in [0.2, 0.25) is 0 Å². The smallest absolute Gasteiger partial charge is 0.262 e. The Balaban J connectivity index is 2.23. The molecule has 0 saturated carbocycles. The molecule has 1 heterocycles. The fraction of sp³-hybridized carbons (Fsp3) is 0.333. The van der Waals surface area contributed by atoms with Crippen molar-refractivity contribution in [1.82, 2.24) is 0 Å². The van der Waals surface area contributed by atoms with Crippen LogP contribution < -0.4 is 15.4 Å². The standard InChI is InChI=1S/C12H13ClN2O4/c1-6(18-2)12(17)15-8-4-10-9(3-7(8)13)14-11(16)5-19-10/h3-4,6H,5H2,1-2H3,(H,14,16)(H,15,17). The molecule has 0 spiro atoms. The summed E-state index contributed by atoms with van der Waals surface area (Å²) in [7, 11) is 1.44. The first kappa shape index (κ1) is 13.6. The molecule has 2 N–H and O–H groups in total. The Bertz CT molecular complexity index is 533. The van der Waals surface area contributed by atoms with Crippen LogP contribution in [0.25, 0.3) is 0 Å². The van der Waals surface area contributed by atoms with Gasteiger partial charge in [0.15, 0.2) is 6.61 Å². The van der Waals surface area contributed by atoms with Gasteiger partial charge in [-0.25, -0.2) is 0 Å². The molecule has 1 unspecified atom stereocenters. The van der Waals surface area contributed by atoms with Gasteiger partial charge in [-0.1, -0.05) is 11.6 Å². The van der Waals surface area contributed by atoms with Crippen molar-refractivity contribution in [1.29, 1.82) is 0 Å². The van der Waals surface area contributed by atoms with Gasteiger partial charge in [-0.05, 0) is 13.0 Å². The lowest BCUT2D eigenvalue weighted by Gasteiger charge is -2.20. The Morgan fingerprint density at radius 3 is 3.00 bits per heavy atom. The maximum atomic E-state index is 11.7. The number of carbonyl (C=O) groups is 2. The van der Waals surface area contributed by atoms with Crippen LogP contribution in [0.1, 0.15) is 6.92 Å². The van der Waals surface area contributed by atoms with Crippen LogP contribution in [-0.4, -0.2) is 31.6 Å². The second-order valence-electron chi connectivity index (χ2n) is 4.03. The largest absolute Gasteiger partial charge is 0.482 e. The molecule has 2 rings (SSSR count). The quantitative estimate of drug-likeness (QED) is 0.885. The summed E-state index contributed by atoms with van der Waals surface area (Å²) < 4.78 is 10.2. The van der Waals surface area contributed by atoms with Crippen molar-refractivity contribution in [3.05, 3.63) is 17.2 Å². The van der Waals surface area contributed by atoms with Crippen molar-refractivity contribution in [2.45, 2.75) is 13.0 Å². The summed E-state index contributed by atoms with van der Waals surface area (Å²) in [6.45, 7) is 1.56. The Labute approximate surface area is 115 Å². The van der Waals surface area contributed by atoms with E-state index in [0.717, 1.165) is 0 Å². The average molecular weight is 285 g/mol. The average Bonchev–Trinajstić information content (AvgIpc) is 2.38. The van der Waals surface area contributed by atoms with E-state index in [1.807, 2.05) is 0 Å². The third-order valence-corrected chi connectivity index (χ3v) is 3.00. The molecule has 0 aromatic heterocycles. The van der Waals surface area contributed by atoms with Crippen LogP contribution in [0.4, 0.5) is 11.4 Å². The molecule has 7 heteroatoms. The minimum absolute atomic E-state index is 0.0590. The van der Waals surface area contributed by atoms with Gasteiger partial charge in [-0.2, -0.15) is 0 Å². The second-order valence-corrected chi connectivity index (χ2v) is 4.44. The molecule has 1 aliphatic rings. The molecule has 1 aromatic rings. The Morgan fingerprint density at radius 2 is 2.32 bits per heavy atom. The van der Waals surface area contributed by atoms with Crippen LogP contribution in [0, 0.1) is 0 Å². The van der Waals surface area contributed by atoms with Crippen molar-refractivity contribution in [2.24, 2.45) is 0 Å². The van der Waals surface area contributed by atoms with Crippen LogP contribution in [-0.2, 0) is 14.3 Å². The molecule has 102 valence electrons. The number of rotatable bonds is 3. The van der Waals surface area contributed by atoms with Gasteiger partial charge >= 0.3 is 0 Å². The summed E-state index contributed by atoms with van der Waals surface area (Å²) in [5, 5.41) is 5.57. The van der Waals surface area contributed by atoms with E-state index in [-0.39, 0.29) is 18.4 Å². The van der Waals surface area contributed by atoms with Crippen molar-refractivity contribution >= 4 is 34.8 Å². The number of amides is 2. The molecule has 0 radical (unpaired) electrons. The number of anilines is 2. The van der Waals surface area contributed by atoms with E-state index in [1.54, 1.807) is 13.0 Å². The summed E-state index contributed by atoms with van der Waals surface area (Å²) in [5.41, 5.74) is 0.893. The molecule has 1 aromatic carbocycles. The van der Waals surface area contributed by atoms with Gasteiger partial charge in [0.25, 0.3) is 11.8 Å². The summed E-state index contributed by atoms with van der Waals surface area (Å²) >= 11 is 6.04. The van der Waals surface area contributed by atoms with Gasteiger partial charge in [0.05, 0.1) is 16.4 Å². The molecule has 0 bridgehead atoms. The minimum Gasteiger partial charge on any atom is -0.482 e. The highest BCUT2D eigenvalue weighted by Crippen LogP contribution is 2.36. The van der Waals surface area contributed by atoms with Gasteiger partial charge in [0.1, 0.15) is 11.9 Å². The molecule has 1 atom stereocenters. The number of hydrogen-bond donors (Lipinski definition) is 2. The van der Waals surface area contributed by atoms with Crippen molar-refractivity contribution in [2.75, 3.05) is 24.4 Å². The van der Waals surface area contributed by atoms with Gasteiger partial charge < -0.3 is 20.1 Å². The number of halogens is 1. The molecule has 6 nitrogen and oxygen atoms in total. The Kier molecular flexibility index (Phi) is 3.92. The molecule has 1 aliphatic heterocycles. The molecule has 0 aliphatic carbocycles. The Morgan fingerprint density at radius 1 is 1.58 bits per heavy atom. The normalized spacial score (nSPS) is 15.0. The zero-order valence-electron chi connectivity index (χ0n) is 10.5. The Hall–Kier alpha value is -1.79. The molecular formula is C12H13ClN2O4. The number of carbonyl (C=O) groups excluding carboxylic acids is 2. The van der Waals surface area contributed by atoms with Crippen molar-refractivity contribution < 1.29 is 19.1 Å². The molecule has 2 amide bonds. The number of nitrogens with one attached hydrogen (secondary N) is 2. The monoisotopic (exact) mass is 284 g/mol. The summed E-state index contributed by atoms with van der Waals surface area (Å²) in [5.74, 6) is -0.0954. The second kappa shape index (κ2) is 5.46. The van der Waals surface area contributed by atoms with E-state index >= 15 is 0 Å². The lowest BCUT2D eigenvalue weighted by atomic mass is 10.2.